The smallest absolute Gasteiger partial charge is 0.101 e. The van der Waals surface area contributed by atoms with Crippen LogP contribution in [0.1, 0.15) is 13.3 Å². The van der Waals surface area contributed by atoms with Crippen LogP contribution in [0.25, 0.3) is 0 Å². The molecule has 0 heterocycles. The third-order valence-corrected chi connectivity index (χ3v) is 1.85. The van der Waals surface area contributed by atoms with Gasteiger partial charge in [0.1, 0.15) is 5.76 Å². The zero-order chi connectivity index (χ0) is 9.61. The second-order valence-corrected chi connectivity index (χ2v) is 2.75. The van der Waals surface area contributed by atoms with Crippen molar-refractivity contribution in [3.63, 3.8) is 0 Å². The average Bonchev–Trinajstić information content (AvgIpc) is 2.09. The predicted molar refractivity (Wildman–Crippen MR) is 44.7 cm³/mol. The molecule has 0 aromatic heterocycles. The van der Waals surface area contributed by atoms with E-state index in [9.17, 15) is 5.11 Å². The van der Waals surface area contributed by atoms with Gasteiger partial charge in [-0.3, -0.25) is 0 Å². The molecule has 0 aliphatic rings. The van der Waals surface area contributed by atoms with Gasteiger partial charge in [0.25, 0.3) is 0 Å². The van der Waals surface area contributed by atoms with E-state index in [0.717, 1.165) is 0 Å². The van der Waals surface area contributed by atoms with E-state index >= 15 is 0 Å². The Bertz CT molecular complexity index is 141. The van der Waals surface area contributed by atoms with E-state index in [1.165, 1.54) is 6.08 Å². The summed E-state index contributed by atoms with van der Waals surface area (Å²) in [5.74, 6) is -0.155. The van der Waals surface area contributed by atoms with Crippen LogP contribution in [0, 0.1) is 5.41 Å². The normalized spacial score (nSPS) is 13.5. The van der Waals surface area contributed by atoms with Crippen molar-refractivity contribution in [1.82, 2.24) is 0 Å². The minimum atomic E-state index is -1.28. The summed E-state index contributed by atoms with van der Waals surface area (Å²) in [5.41, 5.74) is -1.28. The topological polar surface area (TPSA) is 80.9 Å². The molecule has 4 heteroatoms. The highest BCUT2D eigenvalue weighted by atomic mass is 16.3. The van der Waals surface area contributed by atoms with Crippen LogP contribution >= 0.6 is 0 Å². The first-order valence-electron chi connectivity index (χ1n) is 3.89. The van der Waals surface area contributed by atoms with Crippen LogP contribution in [0.5, 0.6) is 0 Å². The first-order chi connectivity index (χ1) is 5.66. The molecule has 0 bridgehead atoms. The van der Waals surface area contributed by atoms with Crippen molar-refractivity contribution in [1.29, 1.82) is 0 Å². The zero-order valence-corrected chi connectivity index (χ0v) is 7.19. The molecule has 0 amide bonds. The lowest BCUT2D eigenvalue weighted by molar-refractivity contribution is 0.00461. The van der Waals surface area contributed by atoms with Crippen molar-refractivity contribution in [2.45, 2.75) is 13.3 Å². The van der Waals surface area contributed by atoms with E-state index in [-0.39, 0.29) is 5.76 Å². The van der Waals surface area contributed by atoms with Crippen molar-refractivity contribution < 1.29 is 20.4 Å². The lowest BCUT2D eigenvalue weighted by atomic mass is 9.88. The van der Waals surface area contributed by atoms with E-state index in [1.807, 2.05) is 6.92 Å². The average molecular weight is 176 g/mol. The third-order valence-electron chi connectivity index (χ3n) is 1.85. The largest absolute Gasteiger partial charge is 0.512 e. The second-order valence-electron chi connectivity index (χ2n) is 2.75. The van der Waals surface area contributed by atoms with Gasteiger partial charge >= 0.3 is 0 Å². The first-order valence-corrected chi connectivity index (χ1v) is 3.89. The molecule has 0 fully saturated rings. The molecule has 0 rings (SSSR count). The van der Waals surface area contributed by atoms with Crippen LogP contribution < -0.4 is 0 Å². The molecular weight excluding hydrogens is 160 g/mol. The van der Waals surface area contributed by atoms with Gasteiger partial charge in [-0.2, -0.15) is 0 Å². The molecule has 0 radical (unpaired) electrons. The van der Waals surface area contributed by atoms with Crippen LogP contribution in [-0.4, -0.2) is 40.2 Å². The maximum atomic E-state index is 9.34. The fraction of sp³-hybridized carbons (Fsp3) is 0.750. The van der Waals surface area contributed by atoms with E-state index < -0.39 is 25.2 Å². The number of allylic oxidation sites excluding steroid dienone is 1. The predicted octanol–water partition coefficient (Wildman–Crippen LogP) is -0.198. The third kappa shape index (κ3) is 2.20. The van der Waals surface area contributed by atoms with E-state index in [0.29, 0.717) is 6.42 Å². The summed E-state index contributed by atoms with van der Waals surface area (Å²) in [7, 11) is 0. The summed E-state index contributed by atoms with van der Waals surface area (Å²) in [5, 5.41) is 35.9. The van der Waals surface area contributed by atoms with Crippen molar-refractivity contribution in [3.05, 3.63) is 11.8 Å². The number of hydrogen-bond acceptors (Lipinski definition) is 4. The highest BCUT2D eigenvalue weighted by molar-refractivity contribution is 5.06. The molecule has 0 aliphatic heterocycles. The van der Waals surface area contributed by atoms with E-state index in [4.69, 9.17) is 15.3 Å². The van der Waals surface area contributed by atoms with Gasteiger partial charge in [0.05, 0.1) is 25.2 Å². The zero-order valence-electron chi connectivity index (χ0n) is 7.19. The number of aliphatic hydroxyl groups is 4. The van der Waals surface area contributed by atoms with Gasteiger partial charge in [-0.15, -0.1) is 0 Å². The van der Waals surface area contributed by atoms with Gasteiger partial charge in [0.15, 0.2) is 0 Å². The van der Waals surface area contributed by atoms with Gasteiger partial charge in [-0.25, -0.2) is 0 Å². The van der Waals surface area contributed by atoms with Gasteiger partial charge in [-0.05, 0) is 12.5 Å². The summed E-state index contributed by atoms with van der Waals surface area (Å²) < 4.78 is 0. The molecule has 4 N–H and O–H groups in total. The highest BCUT2D eigenvalue weighted by Gasteiger charge is 2.32. The Labute approximate surface area is 71.8 Å². The first kappa shape index (κ1) is 11.4. The molecule has 0 saturated heterocycles. The van der Waals surface area contributed by atoms with Crippen molar-refractivity contribution in [2.24, 2.45) is 5.41 Å². The van der Waals surface area contributed by atoms with E-state index in [1.54, 1.807) is 0 Å². The SMILES string of the molecule is CCC=C(O)C(CO)(CO)CO. The van der Waals surface area contributed by atoms with Crippen LogP contribution in [0.3, 0.4) is 0 Å². The summed E-state index contributed by atoms with van der Waals surface area (Å²) in [6.07, 6.45) is 2.05. The maximum absolute atomic E-state index is 9.34. The Kier molecular flexibility index (Phi) is 4.89. The Morgan fingerprint density at radius 1 is 1.17 bits per heavy atom. The molecule has 12 heavy (non-hydrogen) atoms. The maximum Gasteiger partial charge on any atom is 0.101 e. The lowest BCUT2D eigenvalue weighted by Crippen LogP contribution is -2.36. The fourth-order valence-corrected chi connectivity index (χ4v) is 0.803. The molecule has 0 aliphatic carbocycles. The second kappa shape index (κ2) is 5.13. The molecule has 0 atom stereocenters. The van der Waals surface area contributed by atoms with Gasteiger partial charge in [0, 0.05) is 0 Å². The summed E-state index contributed by atoms with van der Waals surface area (Å²) in [6, 6.07) is 0. The minimum Gasteiger partial charge on any atom is -0.512 e. The van der Waals surface area contributed by atoms with Crippen molar-refractivity contribution >= 4 is 0 Å². The Hall–Kier alpha value is -0.580. The Balaban J connectivity index is 4.58. The van der Waals surface area contributed by atoms with Crippen molar-refractivity contribution in [3.8, 4) is 0 Å². The van der Waals surface area contributed by atoms with Crippen LogP contribution in [0.15, 0.2) is 11.8 Å². The quantitative estimate of drug-likeness (QED) is 0.437. The molecule has 4 nitrogen and oxygen atoms in total. The summed E-state index contributed by atoms with van der Waals surface area (Å²) in [4.78, 5) is 0. The summed E-state index contributed by atoms with van der Waals surface area (Å²) >= 11 is 0. The van der Waals surface area contributed by atoms with Crippen molar-refractivity contribution in [2.75, 3.05) is 19.8 Å². The number of aliphatic hydroxyl groups excluding tert-OH is 4. The number of rotatable bonds is 5. The molecular formula is C8H16O4. The molecule has 0 unspecified atom stereocenters. The highest BCUT2D eigenvalue weighted by Crippen LogP contribution is 2.23. The molecule has 0 aromatic rings. The van der Waals surface area contributed by atoms with Gasteiger partial charge in [0.2, 0.25) is 0 Å². The monoisotopic (exact) mass is 176 g/mol. The van der Waals surface area contributed by atoms with E-state index in [2.05, 4.69) is 0 Å². The molecule has 0 aromatic carbocycles. The minimum absolute atomic E-state index is 0.155. The number of hydrogen-bond donors (Lipinski definition) is 4. The standard InChI is InChI=1S/C8H16O4/c1-2-3-7(12)8(4-9,5-10)6-11/h3,9-12H,2,4-6H2,1H3. The lowest BCUT2D eigenvalue weighted by Gasteiger charge is -2.26. The molecule has 0 saturated carbocycles. The summed E-state index contributed by atoms with van der Waals surface area (Å²) in [6.45, 7) is 0.403. The van der Waals surface area contributed by atoms with Crippen LogP contribution in [0.2, 0.25) is 0 Å². The van der Waals surface area contributed by atoms with Crippen LogP contribution in [0.4, 0.5) is 0 Å². The Morgan fingerprint density at radius 2 is 1.58 bits per heavy atom. The van der Waals surface area contributed by atoms with Gasteiger partial charge < -0.3 is 20.4 Å². The molecule has 72 valence electrons. The Morgan fingerprint density at radius 3 is 1.83 bits per heavy atom. The fourth-order valence-electron chi connectivity index (χ4n) is 0.803. The van der Waals surface area contributed by atoms with Crippen LogP contribution in [-0.2, 0) is 0 Å². The van der Waals surface area contributed by atoms with Gasteiger partial charge in [-0.1, -0.05) is 6.92 Å². The molecule has 0 spiro atoms.